The molecular weight excluding hydrogens is 322 g/mol. The first kappa shape index (κ1) is 15.9. The third kappa shape index (κ3) is 3.51. The van der Waals surface area contributed by atoms with Crippen molar-refractivity contribution in [2.75, 3.05) is 38.7 Å². The average molecular weight is 340 g/mol. The van der Waals surface area contributed by atoms with E-state index in [1.54, 1.807) is 23.1 Å². The normalized spacial score (nSPS) is 23.7. The molecule has 2 aliphatic rings. The largest absolute Gasteiger partial charge is 0.495 e. The molecule has 3 amide bonds. The molecule has 7 nitrogen and oxygen atoms in total. The molecule has 1 aromatic carbocycles. The summed E-state index contributed by atoms with van der Waals surface area (Å²) in [5.74, 6) is 0.143. The third-order valence-electron chi connectivity index (χ3n) is 3.93. The number of hydrogen-bond donors (Lipinski definition) is 2. The molecule has 0 aromatic heterocycles. The maximum absolute atomic E-state index is 12.5. The van der Waals surface area contributed by atoms with Gasteiger partial charge in [-0.1, -0.05) is 11.6 Å². The lowest BCUT2D eigenvalue weighted by Gasteiger charge is -2.27. The fourth-order valence-electron chi connectivity index (χ4n) is 2.74. The number of carbonyl (C=O) groups excluding carboxylic acids is 2. The molecule has 0 saturated carbocycles. The van der Waals surface area contributed by atoms with Gasteiger partial charge in [0.25, 0.3) is 0 Å². The zero-order chi connectivity index (χ0) is 16.4. The van der Waals surface area contributed by atoms with Crippen LogP contribution >= 0.6 is 11.6 Å². The highest BCUT2D eigenvalue weighted by atomic mass is 35.5. The summed E-state index contributed by atoms with van der Waals surface area (Å²) in [5.41, 5.74) is 0.575. The van der Waals surface area contributed by atoms with Gasteiger partial charge >= 0.3 is 6.03 Å². The van der Waals surface area contributed by atoms with E-state index >= 15 is 0 Å². The molecule has 0 radical (unpaired) electrons. The summed E-state index contributed by atoms with van der Waals surface area (Å²) in [6, 6.07) is 4.59. The number of amides is 3. The molecule has 2 bridgehead atoms. The maximum atomic E-state index is 12.5. The van der Waals surface area contributed by atoms with E-state index in [1.807, 2.05) is 0 Å². The van der Waals surface area contributed by atoms with Gasteiger partial charge in [-0.15, -0.1) is 0 Å². The standard InChI is InChI=1S/C15H18ClN3O4/c1-22-13-3-2-10(4-12(13)16)18-15(21)19-5-9-7-23-8-11(6-19)17-14(9)20/h2-4,9,11H,5-8H2,1H3,(H,17,20)(H,18,21)/t9-,11+/m1/s1. The van der Waals surface area contributed by atoms with E-state index in [2.05, 4.69) is 10.6 Å². The van der Waals surface area contributed by atoms with Crippen molar-refractivity contribution in [3.8, 4) is 5.75 Å². The fourth-order valence-corrected chi connectivity index (χ4v) is 3.00. The minimum absolute atomic E-state index is 0.0599. The van der Waals surface area contributed by atoms with Gasteiger partial charge < -0.3 is 25.0 Å². The molecule has 23 heavy (non-hydrogen) atoms. The minimum Gasteiger partial charge on any atom is -0.495 e. The van der Waals surface area contributed by atoms with E-state index in [1.165, 1.54) is 7.11 Å². The number of anilines is 1. The molecule has 124 valence electrons. The number of nitrogens with one attached hydrogen (secondary N) is 2. The van der Waals surface area contributed by atoms with Crippen LogP contribution in [-0.4, -0.2) is 56.3 Å². The predicted molar refractivity (Wildman–Crippen MR) is 84.8 cm³/mol. The van der Waals surface area contributed by atoms with Gasteiger partial charge in [0.2, 0.25) is 5.91 Å². The summed E-state index contributed by atoms with van der Waals surface area (Å²) < 4.78 is 10.5. The number of carbonyl (C=O) groups is 2. The molecule has 0 unspecified atom stereocenters. The van der Waals surface area contributed by atoms with E-state index in [0.717, 1.165) is 0 Å². The topological polar surface area (TPSA) is 79.9 Å². The second-order valence-electron chi connectivity index (χ2n) is 5.62. The SMILES string of the molecule is COc1ccc(NC(=O)N2C[C@H]3COC[C@@H](C2)C(=O)N3)cc1Cl. The lowest BCUT2D eigenvalue weighted by Crippen LogP contribution is -2.46. The summed E-state index contributed by atoms with van der Waals surface area (Å²) >= 11 is 6.06. The van der Waals surface area contributed by atoms with Crippen molar-refractivity contribution in [3.05, 3.63) is 23.2 Å². The summed E-state index contributed by atoms with van der Waals surface area (Å²) in [4.78, 5) is 26.1. The van der Waals surface area contributed by atoms with Crippen molar-refractivity contribution in [2.24, 2.45) is 5.92 Å². The van der Waals surface area contributed by atoms with Crippen LogP contribution in [0.1, 0.15) is 0 Å². The Morgan fingerprint density at radius 1 is 1.43 bits per heavy atom. The predicted octanol–water partition coefficient (Wildman–Crippen LogP) is 1.33. The van der Waals surface area contributed by atoms with Crippen molar-refractivity contribution in [2.45, 2.75) is 6.04 Å². The van der Waals surface area contributed by atoms with E-state index < -0.39 is 0 Å². The summed E-state index contributed by atoms with van der Waals surface area (Å²) in [5, 5.41) is 6.11. The van der Waals surface area contributed by atoms with Gasteiger partial charge in [0.1, 0.15) is 5.75 Å². The first-order chi connectivity index (χ1) is 11.1. The second-order valence-corrected chi connectivity index (χ2v) is 6.03. The highest BCUT2D eigenvalue weighted by Crippen LogP contribution is 2.27. The van der Waals surface area contributed by atoms with Crippen LogP contribution in [0.4, 0.5) is 10.5 Å². The van der Waals surface area contributed by atoms with Crippen LogP contribution < -0.4 is 15.4 Å². The average Bonchev–Trinajstić information content (AvgIpc) is 2.76. The van der Waals surface area contributed by atoms with E-state index in [0.29, 0.717) is 42.8 Å². The van der Waals surface area contributed by atoms with Crippen LogP contribution in [0.5, 0.6) is 5.75 Å². The molecule has 8 heteroatoms. The number of methoxy groups -OCH3 is 1. The molecule has 2 aliphatic heterocycles. The molecule has 2 N–H and O–H groups in total. The first-order valence-electron chi connectivity index (χ1n) is 7.34. The quantitative estimate of drug-likeness (QED) is 0.852. The Balaban J connectivity index is 1.70. The summed E-state index contributed by atoms with van der Waals surface area (Å²) in [6.07, 6.45) is 0. The van der Waals surface area contributed by atoms with Crippen molar-refractivity contribution >= 4 is 29.2 Å². The van der Waals surface area contributed by atoms with Gasteiger partial charge in [-0.2, -0.15) is 0 Å². The van der Waals surface area contributed by atoms with Crippen LogP contribution in [0.25, 0.3) is 0 Å². The molecule has 2 fully saturated rings. The van der Waals surface area contributed by atoms with E-state index in [4.69, 9.17) is 21.1 Å². The van der Waals surface area contributed by atoms with Gasteiger partial charge in [0.15, 0.2) is 0 Å². The van der Waals surface area contributed by atoms with Crippen LogP contribution in [0.15, 0.2) is 18.2 Å². The molecule has 3 rings (SSSR count). The zero-order valence-corrected chi connectivity index (χ0v) is 13.4. The summed E-state index contributed by atoms with van der Waals surface area (Å²) in [6.45, 7) is 1.50. The number of nitrogens with zero attached hydrogens (tertiary/aromatic N) is 1. The van der Waals surface area contributed by atoms with Gasteiger partial charge in [-0.3, -0.25) is 4.79 Å². The Hall–Kier alpha value is -1.99. The number of fused-ring (bicyclic) bond motifs is 3. The Morgan fingerprint density at radius 2 is 2.26 bits per heavy atom. The first-order valence-corrected chi connectivity index (χ1v) is 7.72. The smallest absolute Gasteiger partial charge is 0.321 e. The number of benzene rings is 1. The maximum Gasteiger partial charge on any atom is 0.321 e. The number of rotatable bonds is 2. The molecule has 0 aliphatic carbocycles. The highest BCUT2D eigenvalue weighted by molar-refractivity contribution is 6.32. The molecule has 2 saturated heterocycles. The van der Waals surface area contributed by atoms with Gasteiger partial charge in [0.05, 0.1) is 37.3 Å². The second kappa shape index (κ2) is 6.64. The Kier molecular flexibility index (Phi) is 4.58. The zero-order valence-electron chi connectivity index (χ0n) is 12.7. The number of urea groups is 1. The molecule has 1 aromatic rings. The van der Waals surface area contributed by atoms with Gasteiger partial charge in [0, 0.05) is 18.8 Å². The lowest BCUT2D eigenvalue weighted by molar-refractivity contribution is -0.125. The fraction of sp³-hybridized carbons (Fsp3) is 0.467. The van der Waals surface area contributed by atoms with Crippen molar-refractivity contribution in [1.29, 1.82) is 0 Å². The van der Waals surface area contributed by atoms with Crippen LogP contribution in [0, 0.1) is 5.92 Å². The van der Waals surface area contributed by atoms with Crippen LogP contribution in [-0.2, 0) is 9.53 Å². The van der Waals surface area contributed by atoms with E-state index in [9.17, 15) is 9.59 Å². The van der Waals surface area contributed by atoms with Crippen molar-refractivity contribution < 1.29 is 19.1 Å². The molecular formula is C15H18ClN3O4. The monoisotopic (exact) mass is 339 g/mol. The molecule has 2 heterocycles. The number of hydrogen-bond acceptors (Lipinski definition) is 4. The van der Waals surface area contributed by atoms with Gasteiger partial charge in [-0.25, -0.2) is 4.79 Å². The Morgan fingerprint density at radius 3 is 3.00 bits per heavy atom. The molecule has 0 spiro atoms. The Bertz CT molecular complexity index is 625. The lowest BCUT2D eigenvalue weighted by atomic mass is 10.1. The summed E-state index contributed by atoms with van der Waals surface area (Å²) in [7, 11) is 1.53. The van der Waals surface area contributed by atoms with E-state index in [-0.39, 0.29) is 23.9 Å². The third-order valence-corrected chi connectivity index (χ3v) is 4.22. The van der Waals surface area contributed by atoms with Crippen LogP contribution in [0.3, 0.4) is 0 Å². The number of ether oxygens (including phenoxy) is 2. The van der Waals surface area contributed by atoms with Crippen molar-refractivity contribution in [1.82, 2.24) is 10.2 Å². The Labute approximate surface area is 138 Å². The van der Waals surface area contributed by atoms with Crippen LogP contribution in [0.2, 0.25) is 5.02 Å². The highest BCUT2D eigenvalue weighted by Gasteiger charge is 2.35. The van der Waals surface area contributed by atoms with Crippen molar-refractivity contribution in [3.63, 3.8) is 0 Å². The minimum atomic E-state index is -0.340. The molecule has 2 atom stereocenters. The van der Waals surface area contributed by atoms with Gasteiger partial charge in [-0.05, 0) is 18.2 Å². The number of halogens is 1.